The molecular weight excluding hydrogens is 184 g/mol. The lowest BCUT2D eigenvalue weighted by Gasteiger charge is -1.99. The third-order valence-corrected chi connectivity index (χ3v) is 3.49. The van der Waals surface area contributed by atoms with Gasteiger partial charge in [-0.05, 0) is 25.0 Å². The number of nitrogens with zero attached hydrogens (tertiary/aromatic N) is 1. The average Bonchev–Trinajstić information content (AvgIpc) is 2.77. The Balaban J connectivity index is 2.11. The van der Waals surface area contributed by atoms with Gasteiger partial charge in [0.2, 0.25) is 0 Å². The zero-order valence-corrected chi connectivity index (χ0v) is 8.62. The molecule has 1 saturated carbocycles. The summed E-state index contributed by atoms with van der Waals surface area (Å²) in [5, 5.41) is 10.3. The maximum atomic E-state index is 9.05. The number of aromatic nitrogens is 1. The number of nitrogens with one attached hydrogen (secondary N) is 1. The van der Waals surface area contributed by atoms with Crippen LogP contribution in [0.4, 0.5) is 0 Å². The zero-order chi connectivity index (χ0) is 10.5. The fraction of sp³-hybridized carbons (Fsp3) is 0.308. The van der Waals surface area contributed by atoms with Gasteiger partial charge in [0.25, 0.3) is 0 Å². The molecule has 1 N–H and O–H groups in total. The van der Waals surface area contributed by atoms with Crippen LogP contribution >= 0.6 is 0 Å². The van der Waals surface area contributed by atoms with Gasteiger partial charge in [-0.2, -0.15) is 5.26 Å². The molecular formula is C13H12N2. The van der Waals surface area contributed by atoms with E-state index in [4.69, 9.17) is 5.26 Å². The van der Waals surface area contributed by atoms with Crippen LogP contribution in [0.2, 0.25) is 0 Å². The van der Waals surface area contributed by atoms with Crippen LogP contribution in [0.5, 0.6) is 0 Å². The van der Waals surface area contributed by atoms with Crippen LogP contribution in [-0.2, 0) is 0 Å². The maximum Gasteiger partial charge on any atom is 0.0693 e. The van der Waals surface area contributed by atoms with E-state index < -0.39 is 0 Å². The number of rotatable bonds is 1. The number of H-pyrrole nitrogens is 1. The number of hydrogen-bond acceptors (Lipinski definition) is 1. The Morgan fingerprint density at radius 2 is 2.27 bits per heavy atom. The van der Waals surface area contributed by atoms with E-state index in [1.165, 1.54) is 16.5 Å². The van der Waals surface area contributed by atoms with Gasteiger partial charge < -0.3 is 4.98 Å². The van der Waals surface area contributed by atoms with Gasteiger partial charge in [-0.15, -0.1) is 0 Å². The second kappa shape index (κ2) is 2.64. The van der Waals surface area contributed by atoms with Crippen LogP contribution in [0.3, 0.4) is 0 Å². The third kappa shape index (κ3) is 1.10. The molecule has 2 nitrogen and oxygen atoms in total. The van der Waals surface area contributed by atoms with Crippen molar-refractivity contribution in [1.82, 2.24) is 4.98 Å². The first-order chi connectivity index (χ1) is 7.24. The number of benzene rings is 1. The standard InChI is InChI=1S/C13H12N2/c1-13(8-14)6-11(13)10-7-15-12-5-3-2-4-9(10)12/h2-5,7,11,15H,6H2,1H3. The predicted octanol–water partition coefficient (Wildman–Crippen LogP) is 3.19. The fourth-order valence-electron chi connectivity index (χ4n) is 2.32. The lowest BCUT2D eigenvalue weighted by Crippen LogP contribution is -1.91. The highest BCUT2D eigenvalue weighted by Crippen LogP contribution is 2.59. The second-order valence-electron chi connectivity index (χ2n) is 4.58. The smallest absolute Gasteiger partial charge is 0.0693 e. The Kier molecular flexibility index (Phi) is 1.50. The zero-order valence-electron chi connectivity index (χ0n) is 8.62. The summed E-state index contributed by atoms with van der Waals surface area (Å²) < 4.78 is 0. The van der Waals surface area contributed by atoms with E-state index in [0.29, 0.717) is 5.92 Å². The molecule has 0 spiro atoms. The van der Waals surface area contributed by atoms with Crippen LogP contribution in [0.15, 0.2) is 30.5 Å². The summed E-state index contributed by atoms with van der Waals surface area (Å²) in [5.74, 6) is 0.415. The van der Waals surface area contributed by atoms with Gasteiger partial charge in [-0.25, -0.2) is 0 Å². The van der Waals surface area contributed by atoms with Crippen molar-refractivity contribution in [3.63, 3.8) is 0 Å². The molecule has 0 bridgehead atoms. The fourth-order valence-corrected chi connectivity index (χ4v) is 2.32. The van der Waals surface area contributed by atoms with E-state index in [1.54, 1.807) is 0 Å². The lowest BCUT2D eigenvalue weighted by molar-refractivity contribution is 0.729. The van der Waals surface area contributed by atoms with E-state index in [-0.39, 0.29) is 5.41 Å². The number of para-hydroxylation sites is 1. The average molecular weight is 196 g/mol. The van der Waals surface area contributed by atoms with Crippen LogP contribution < -0.4 is 0 Å². The summed E-state index contributed by atoms with van der Waals surface area (Å²) >= 11 is 0. The van der Waals surface area contributed by atoms with Crippen molar-refractivity contribution in [1.29, 1.82) is 5.26 Å². The summed E-state index contributed by atoms with van der Waals surface area (Å²) in [6, 6.07) is 10.7. The van der Waals surface area contributed by atoms with Gasteiger partial charge in [0, 0.05) is 23.0 Å². The number of fused-ring (bicyclic) bond motifs is 1. The SMILES string of the molecule is CC1(C#N)CC1c1c[nH]c2ccccc12. The molecule has 0 radical (unpaired) electrons. The highest BCUT2D eigenvalue weighted by Gasteiger charge is 2.52. The number of nitriles is 1. The van der Waals surface area contributed by atoms with Crippen molar-refractivity contribution < 1.29 is 0 Å². The second-order valence-corrected chi connectivity index (χ2v) is 4.58. The quantitative estimate of drug-likeness (QED) is 0.747. The Morgan fingerprint density at radius 3 is 3.00 bits per heavy atom. The molecule has 1 aliphatic rings. The van der Waals surface area contributed by atoms with Crippen molar-refractivity contribution in [3.05, 3.63) is 36.0 Å². The van der Waals surface area contributed by atoms with E-state index in [9.17, 15) is 0 Å². The largest absolute Gasteiger partial charge is 0.361 e. The minimum atomic E-state index is -0.134. The Morgan fingerprint density at radius 1 is 1.47 bits per heavy atom. The van der Waals surface area contributed by atoms with Crippen LogP contribution in [0.25, 0.3) is 10.9 Å². The van der Waals surface area contributed by atoms with E-state index >= 15 is 0 Å². The Hall–Kier alpha value is -1.75. The molecule has 1 aromatic heterocycles. The van der Waals surface area contributed by atoms with Crippen LogP contribution in [0, 0.1) is 16.7 Å². The molecule has 3 rings (SSSR count). The molecule has 15 heavy (non-hydrogen) atoms. The first kappa shape index (κ1) is 8.55. The molecule has 2 aromatic rings. The van der Waals surface area contributed by atoms with Crippen molar-refractivity contribution in [2.24, 2.45) is 5.41 Å². The van der Waals surface area contributed by atoms with Crippen molar-refractivity contribution in [2.45, 2.75) is 19.3 Å². The predicted molar refractivity (Wildman–Crippen MR) is 59.4 cm³/mol. The molecule has 1 fully saturated rings. The van der Waals surface area contributed by atoms with Gasteiger partial charge in [0.05, 0.1) is 11.5 Å². The summed E-state index contributed by atoms with van der Waals surface area (Å²) in [4.78, 5) is 3.26. The van der Waals surface area contributed by atoms with Crippen LogP contribution in [0.1, 0.15) is 24.8 Å². The van der Waals surface area contributed by atoms with E-state index in [2.05, 4.69) is 29.4 Å². The van der Waals surface area contributed by atoms with Crippen molar-refractivity contribution >= 4 is 10.9 Å². The van der Waals surface area contributed by atoms with Crippen molar-refractivity contribution in [2.75, 3.05) is 0 Å². The summed E-state index contributed by atoms with van der Waals surface area (Å²) in [6.45, 7) is 2.04. The molecule has 1 aromatic carbocycles. The molecule has 2 unspecified atom stereocenters. The highest BCUT2D eigenvalue weighted by molar-refractivity contribution is 5.84. The van der Waals surface area contributed by atoms with E-state index in [1.807, 2.05) is 19.1 Å². The minimum Gasteiger partial charge on any atom is -0.361 e. The normalized spacial score (nSPS) is 28.9. The number of aromatic amines is 1. The molecule has 2 atom stereocenters. The summed E-state index contributed by atoms with van der Waals surface area (Å²) in [6.07, 6.45) is 3.04. The van der Waals surface area contributed by atoms with Crippen LogP contribution in [-0.4, -0.2) is 4.98 Å². The maximum absolute atomic E-state index is 9.05. The number of hydrogen-bond donors (Lipinski definition) is 1. The molecule has 0 amide bonds. The lowest BCUT2D eigenvalue weighted by atomic mass is 10.0. The van der Waals surface area contributed by atoms with E-state index in [0.717, 1.165) is 6.42 Å². The molecule has 1 aliphatic carbocycles. The van der Waals surface area contributed by atoms with Gasteiger partial charge in [-0.1, -0.05) is 18.2 Å². The first-order valence-corrected chi connectivity index (χ1v) is 5.22. The molecule has 2 heteroatoms. The highest BCUT2D eigenvalue weighted by atomic mass is 14.7. The summed E-state index contributed by atoms with van der Waals surface area (Å²) in [5.41, 5.74) is 2.33. The molecule has 0 aliphatic heterocycles. The van der Waals surface area contributed by atoms with Gasteiger partial charge in [-0.3, -0.25) is 0 Å². The third-order valence-electron chi connectivity index (χ3n) is 3.49. The first-order valence-electron chi connectivity index (χ1n) is 5.22. The molecule has 0 saturated heterocycles. The Bertz CT molecular complexity index is 561. The molecule has 74 valence electrons. The summed E-state index contributed by atoms with van der Waals surface area (Å²) in [7, 11) is 0. The van der Waals surface area contributed by atoms with Gasteiger partial charge in [0.1, 0.15) is 0 Å². The van der Waals surface area contributed by atoms with Gasteiger partial charge >= 0.3 is 0 Å². The Labute approximate surface area is 88.5 Å². The van der Waals surface area contributed by atoms with Crippen molar-refractivity contribution in [3.8, 4) is 6.07 Å². The topological polar surface area (TPSA) is 39.6 Å². The monoisotopic (exact) mass is 196 g/mol. The molecule has 1 heterocycles. The van der Waals surface area contributed by atoms with Gasteiger partial charge in [0.15, 0.2) is 0 Å². The minimum absolute atomic E-state index is 0.134.